The molecule has 0 saturated carbocycles. The second-order valence-electron chi connectivity index (χ2n) is 7.59. The lowest BCUT2D eigenvalue weighted by Gasteiger charge is -2.15. The van der Waals surface area contributed by atoms with E-state index >= 15 is 0 Å². The van der Waals surface area contributed by atoms with Crippen LogP contribution in [-0.4, -0.2) is 39.2 Å². The van der Waals surface area contributed by atoms with E-state index in [2.05, 4.69) is 5.10 Å². The monoisotopic (exact) mass is 437 g/mol. The molecule has 0 radical (unpaired) electrons. The Kier molecular flexibility index (Phi) is 5.28. The van der Waals surface area contributed by atoms with Crippen molar-refractivity contribution in [3.63, 3.8) is 0 Å². The van der Waals surface area contributed by atoms with Crippen LogP contribution < -0.4 is 0 Å². The number of benzene rings is 3. The molecule has 33 heavy (non-hydrogen) atoms. The fourth-order valence-electron chi connectivity index (χ4n) is 3.84. The molecular weight excluding hydrogens is 418 g/mol. The predicted octanol–water partition coefficient (Wildman–Crippen LogP) is 4.01. The molecule has 1 aliphatic rings. The largest absolute Gasteiger partial charge is 0.440 e. The summed E-state index contributed by atoms with van der Waals surface area (Å²) in [4.78, 5) is 38.8. The summed E-state index contributed by atoms with van der Waals surface area (Å²) >= 11 is 0. The van der Waals surface area contributed by atoms with Gasteiger partial charge in [0.2, 0.25) is 0 Å². The van der Waals surface area contributed by atoms with E-state index in [1.54, 1.807) is 42.6 Å². The van der Waals surface area contributed by atoms with Crippen LogP contribution in [0.4, 0.5) is 0 Å². The second kappa shape index (κ2) is 8.55. The fourth-order valence-corrected chi connectivity index (χ4v) is 3.84. The van der Waals surface area contributed by atoms with Crippen LogP contribution in [0.1, 0.15) is 36.6 Å². The summed E-state index contributed by atoms with van der Waals surface area (Å²) < 4.78 is 7.21. The first-order chi connectivity index (χ1) is 16.1. The molecule has 0 fully saturated rings. The lowest BCUT2D eigenvalue weighted by atomic mass is 9.99. The number of amides is 2. The molecule has 2 amide bonds. The van der Waals surface area contributed by atoms with Crippen LogP contribution in [0.15, 0.2) is 91.3 Å². The maximum Gasteiger partial charge on any atom is 0.340 e. The molecule has 0 bridgehead atoms. The number of ether oxygens (including phenoxy) is 1. The van der Waals surface area contributed by atoms with Crippen LogP contribution in [0.3, 0.4) is 0 Å². The Morgan fingerprint density at radius 2 is 1.42 bits per heavy atom. The topological polar surface area (TPSA) is 81.5 Å². The van der Waals surface area contributed by atoms with E-state index in [0.29, 0.717) is 28.8 Å². The molecule has 1 aliphatic heterocycles. The van der Waals surface area contributed by atoms with Crippen LogP contribution in [0.25, 0.3) is 11.1 Å². The number of imide groups is 1. The third-order valence-electron chi connectivity index (χ3n) is 5.52. The number of carbonyl (C=O) groups excluding carboxylic acids is 3. The number of rotatable bonds is 6. The Hall–Kier alpha value is -4.52. The molecule has 0 aliphatic carbocycles. The Morgan fingerprint density at radius 1 is 0.788 bits per heavy atom. The summed E-state index contributed by atoms with van der Waals surface area (Å²) in [6.45, 7) is 0.208. The van der Waals surface area contributed by atoms with Gasteiger partial charge >= 0.3 is 5.97 Å². The van der Waals surface area contributed by atoms with E-state index in [0.717, 1.165) is 16.0 Å². The molecule has 4 aromatic rings. The summed E-state index contributed by atoms with van der Waals surface area (Å²) in [5.41, 5.74) is 3.62. The molecule has 3 aromatic carbocycles. The first kappa shape index (κ1) is 20.4. The van der Waals surface area contributed by atoms with E-state index < -0.39 is 24.5 Å². The highest BCUT2D eigenvalue weighted by Crippen LogP contribution is 2.26. The van der Waals surface area contributed by atoms with Gasteiger partial charge in [-0.25, -0.2) is 9.69 Å². The minimum Gasteiger partial charge on any atom is -0.440 e. The third kappa shape index (κ3) is 3.92. The van der Waals surface area contributed by atoms with Gasteiger partial charge in [-0.3, -0.25) is 14.3 Å². The molecule has 0 unspecified atom stereocenters. The van der Waals surface area contributed by atoms with Crippen LogP contribution in [0.5, 0.6) is 0 Å². The Balaban J connectivity index is 1.31. The lowest BCUT2D eigenvalue weighted by Crippen LogP contribution is -2.33. The van der Waals surface area contributed by atoms with Crippen LogP contribution >= 0.6 is 0 Å². The van der Waals surface area contributed by atoms with E-state index in [9.17, 15) is 14.4 Å². The highest BCUT2D eigenvalue weighted by atomic mass is 16.5. The quantitative estimate of drug-likeness (QED) is 0.336. The molecule has 1 aromatic heterocycles. The van der Waals surface area contributed by atoms with Gasteiger partial charge in [0.1, 0.15) is 0 Å². The third-order valence-corrected chi connectivity index (χ3v) is 5.52. The Labute approximate surface area is 189 Å². The zero-order chi connectivity index (χ0) is 22.8. The van der Waals surface area contributed by atoms with Crippen molar-refractivity contribution in [1.82, 2.24) is 14.7 Å². The number of aromatic nitrogens is 2. The maximum atomic E-state index is 12.9. The Bertz CT molecular complexity index is 1310. The second-order valence-corrected chi connectivity index (χ2v) is 7.59. The molecule has 0 N–H and O–H groups in total. The van der Waals surface area contributed by atoms with Gasteiger partial charge in [-0.2, -0.15) is 5.10 Å². The molecule has 7 heteroatoms. The molecule has 2 heterocycles. The van der Waals surface area contributed by atoms with Gasteiger partial charge in [-0.1, -0.05) is 54.6 Å². The minimum atomic E-state index is -0.609. The number of carbonyl (C=O) groups is 3. The zero-order valence-electron chi connectivity index (χ0n) is 17.5. The summed E-state index contributed by atoms with van der Waals surface area (Å²) in [6.07, 6.45) is 3.63. The highest BCUT2D eigenvalue weighted by Gasteiger charge is 2.35. The van der Waals surface area contributed by atoms with E-state index in [1.807, 2.05) is 53.3 Å². The van der Waals surface area contributed by atoms with Crippen molar-refractivity contribution < 1.29 is 19.1 Å². The van der Waals surface area contributed by atoms with Gasteiger partial charge in [0.05, 0.1) is 23.2 Å². The number of esters is 1. The Morgan fingerprint density at radius 3 is 2.06 bits per heavy atom. The van der Waals surface area contributed by atoms with Crippen molar-refractivity contribution >= 4 is 17.8 Å². The van der Waals surface area contributed by atoms with E-state index in [4.69, 9.17) is 4.74 Å². The van der Waals surface area contributed by atoms with Crippen molar-refractivity contribution in [3.8, 4) is 11.1 Å². The summed E-state index contributed by atoms with van der Waals surface area (Å²) in [6, 6.07) is 23.4. The van der Waals surface area contributed by atoms with Crippen molar-refractivity contribution in [1.29, 1.82) is 0 Å². The first-order valence-electron chi connectivity index (χ1n) is 10.4. The summed E-state index contributed by atoms with van der Waals surface area (Å²) in [7, 11) is 0. The number of hydrogen-bond acceptors (Lipinski definition) is 5. The van der Waals surface area contributed by atoms with E-state index in [1.165, 1.54) is 0 Å². The van der Waals surface area contributed by atoms with Gasteiger partial charge < -0.3 is 4.74 Å². The lowest BCUT2D eigenvalue weighted by molar-refractivity contribution is 0.0229. The molecule has 0 spiro atoms. The summed E-state index contributed by atoms with van der Waals surface area (Å²) in [5, 5.41) is 4.21. The van der Waals surface area contributed by atoms with Gasteiger partial charge in [0.15, 0.2) is 6.73 Å². The van der Waals surface area contributed by atoms with Crippen LogP contribution in [0.2, 0.25) is 0 Å². The van der Waals surface area contributed by atoms with Crippen LogP contribution in [-0.2, 0) is 11.3 Å². The van der Waals surface area contributed by atoms with Gasteiger partial charge in [-0.15, -0.1) is 0 Å². The molecule has 7 nitrogen and oxygen atoms in total. The minimum absolute atomic E-state index is 0.314. The number of nitrogens with zero attached hydrogens (tertiary/aromatic N) is 3. The SMILES string of the molecule is O=C(OCN1C(=O)c2ccccc2C1=O)c1ccccc1-c1ccc(Cn2cccn2)cc1. The van der Waals surface area contributed by atoms with Gasteiger partial charge in [0, 0.05) is 12.4 Å². The smallest absolute Gasteiger partial charge is 0.340 e. The summed E-state index contributed by atoms with van der Waals surface area (Å²) in [5.74, 6) is -1.54. The molecule has 0 atom stereocenters. The van der Waals surface area contributed by atoms with Gasteiger partial charge in [0.25, 0.3) is 11.8 Å². The fraction of sp³-hybridized carbons (Fsp3) is 0.0769. The molecule has 5 rings (SSSR count). The molecular formula is C26H19N3O4. The van der Waals surface area contributed by atoms with Gasteiger partial charge in [-0.05, 0) is 41.0 Å². The van der Waals surface area contributed by atoms with Crippen molar-refractivity contribution in [2.45, 2.75) is 6.54 Å². The van der Waals surface area contributed by atoms with Crippen molar-refractivity contribution in [2.75, 3.05) is 6.73 Å². The van der Waals surface area contributed by atoms with Crippen molar-refractivity contribution in [2.24, 2.45) is 0 Å². The number of fused-ring (bicyclic) bond motifs is 1. The predicted molar refractivity (Wildman–Crippen MR) is 120 cm³/mol. The van der Waals surface area contributed by atoms with E-state index in [-0.39, 0.29) is 0 Å². The molecule has 0 saturated heterocycles. The van der Waals surface area contributed by atoms with Crippen molar-refractivity contribution in [3.05, 3.63) is 114 Å². The maximum absolute atomic E-state index is 12.9. The first-order valence-corrected chi connectivity index (χ1v) is 10.4. The zero-order valence-corrected chi connectivity index (χ0v) is 17.5. The normalized spacial score (nSPS) is 12.7. The molecule has 162 valence electrons. The average Bonchev–Trinajstić information content (AvgIpc) is 3.45. The number of hydrogen-bond donors (Lipinski definition) is 0. The standard InChI is InChI=1S/C26H19N3O4/c30-24-21-7-2-3-8-22(21)25(31)29(24)17-33-26(32)23-9-4-1-6-20(23)19-12-10-18(11-13-19)16-28-15-5-14-27-28/h1-15H,16-17H2. The highest BCUT2D eigenvalue weighted by molar-refractivity contribution is 6.21. The average molecular weight is 437 g/mol. The van der Waals surface area contributed by atoms with Crippen LogP contribution in [0, 0.1) is 0 Å².